The van der Waals surface area contributed by atoms with Gasteiger partial charge in [0.05, 0.1) is 13.0 Å². The molecule has 0 aliphatic rings. The van der Waals surface area contributed by atoms with Crippen molar-refractivity contribution in [2.45, 2.75) is 19.3 Å². The third-order valence-corrected chi connectivity index (χ3v) is 2.86. The minimum absolute atomic E-state index is 0.0958. The summed E-state index contributed by atoms with van der Waals surface area (Å²) < 4.78 is 6.40. The monoisotopic (exact) mass is 328 g/mol. The lowest BCUT2D eigenvalue weighted by molar-refractivity contribution is -0.122. The first-order chi connectivity index (χ1) is 9.08. The SMILES string of the molecule is NC(=O)CCCNC(=O)CCOc1ccc(Br)cc1. The number of hydrogen-bond donors (Lipinski definition) is 2. The lowest BCUT2D eigenvalue weighted by Gasteiger charge is -2.07. The molecule has 0 aliphatic carbocycles. The van der Waals surface area contributed by atoms with E-state index in [1.165, 1.54) is 0 Å². The van der Waals surface area contributed by atoms with Crippen LogP contribution in [0.15, 0.2) is 28.7 Å². The highest BCUT2D eigenvalue weighted by Crippen LogP contribution is 2.16. The second-order valence-electron chi connectivity index (χ2n) is 3.97. The van der Waals surface area contributed by atoms with E-state index in [2.05, 4.69) is 21.2 Å². The first-order valence-electron chi connectivity index (χ1n) is 6.01. The smallest absolute Gasteiger partial charge is 0.223 e. The number of carbonyl (C=O) groups is 2. The topological polar surface area (TPSA) is 81.4 Å². The van der Waals surface area contributed by atoms with Gasteiger partial charge in [-0.15, -0.1) is 0 Å². The summed E-state index contributed by atoms with van der Waals surface area (Å²) in [6, 6.07) is 7.40. The molecule has 0 heterocycles. The summed E-state index contributed by atoms with van der Waals surface area (Å²) in [5, 5.41) is 2.70. The van der Waals surface area contributed by atoms with Gasteiger partial charge in [0, 0.05) is 17.4 Å². The summed E-state index contributed by atoms with van der Waals surface area (Å²) in [7, 11) is 0. The number of rotatable bonds is 8. The molecule has 1 rings (SSSR count). The summed E-state index contributed by atoms with van der Waals surface area (Å²) in [5.41, 5.74) is 4.99. The average molecular weight is 329 g/mol. The van der Waals surface area contributed by atoms with E-state index in [-0.39, 0.29) is 24.7 Å². The predicted molar refractivity (Wildman–Crippen MR) is 75.7 cm³/mol. The first-order valence-corrected chi connectivity index (χ1v) is 6.80. The van der Waals surface area contributed by atoms with Crippen LogP contribution in [0.2, 0.25) is 0 Å². The lowest BCUT2D eigenvalue weighted by atomic mass is 10.3. The molecular weight excluding hydrogens is 312 g/mol. The Morgan fingerprint density at radius 1 is 1.21 bits per heavy atom. The Bertz CT molecular complexity index is 420. The fourth-order valence-electron chi connectivity index (χ4n) is 1.37. The normalized spacial score (nSPS) is 9.95. The van der Waals surface area contributed by atoms with Gasteiger partial charge >= 0.3 is 0 Å². The highest BCUT2D eigenvalue weighted by Gasteiger charge is 2.02. The predicted octanol–water partition coefficient (Wildman–Crippen LogP) is 1.60. The van der Waals surface area contributed by atoms with E-state index >= 15 is 0 Å². The maximum atomic E-state index is 11.4. The number of benzene rings is 1. The molecule has 1 aromatic carbocycles. The third kappa shape index (κ3) is 7.46. The molecule has 104 valence electrons. The van der Waals surface area contributed by atoms with Gasteiger partial charge in [-0.1, -0.05) is 15.9 Å². The molecule has 0 fully saturated rings. The van der Waals surface area contributed by atoms with E-state index in [4.69, 9.17) is 10.5 Å². The third-order valence-electron chi connectivity index (χ3n) is 2.33. The van der Waals surface area contributed by atoms with Gasteiger partial charge in [-0.25, -0.2) is 0 Å². The van der Waals surface area contributed by atoms with E-state index in [1.54, 1.807) is 0 Å². The molecule has 0 atom stereocenters. The Kier molecular flexibility index (Phi) is 6.95. The average Bonchev–Trinajstić information content (AvgIpc) is 2.37. The van der Waals surface area contributed by atoms with Gasteiger partial charge in [-0.05, 0) is 30.7 Å². The molecule has 0 aliphatic heterocycles. The Balaban J connectivity index is 2.10. The highest BCUT2D eigenvalue weighted by atomic mass is 79.9. The van der Waals surface area contributed by atoms with E-state index < -0.39 is 0 Å². The van der Waals surface area contributed by atoms with Gasteiger partial charge in [0.2, 0.25) is 11.8 Å². The van der Waals surface area contributed by atoms with Gasteiger partial charge in [0.1, 0.15) is 5.75 Å². The Hall–Kier alpha value is -1.56. The van der Waals surface area contributed by atoms with Crippen molar-refractivity contribution in [1.29, 1.82) is 0 Å². The largest absolute Gasteiger partial charge is 0.493 e. The minimum atomic E-state index is -0.354. The Labute approximate surface area is 120 Å². The fourth-order valence-corrected chi connectivity index (χ4v) is 1.64. The highest BCUT2D eigenvalue weighted by molar-refractivity contribution is 9.10. The number of amides is 2. The van der Waals surface area contributed by atoms with Crippen molar-refractivity contribution in [3.63, 3.8) is 0 Å². The van der Waals surface area contributed by atoms with E-state index in [1.807, 2.05) is 24.3 Å². The summed E-state index contributed by atoms with van der Waals surface area (Å²) in [5.74, 6) is 0.277. The van der Waals surface area contributed by atoms with Crippen LogP contribution in [0.5, 0.6) is 5.75 Å². The second kappa shape index (κ2) is 8.53. The van der Waals surface area contributed by atoms with Crippen LogP contribution in [0, 0.1) is 0 Å². The van der Waals surface area contributed by atoms with E-state index in [9.17, 15) is 9.59 Å². The van der Waals surface area contributed by atoms with Crippen molar-refractivity contribution >= 4 is 27.7 Å². The standard InChI is InChI=1S/C13H17BrN2O3/c14-10-3-5-11(6-4-10)19-9-7-13(18)16-8-1-2-12(15)17/h3-6H,1-2,7-9H2,(H2,15,17)(H,16,18). The zero-order chi connectivity index (χ0) is 14.1. The maximum Gasteiger partial charge on any atom is 0.223 e. The van der Waals surface area contributed by atoms with Crippen molar-refractivity contribution in [2.24, 2.45) is 5.73 Å². The molecule has 5 nitrogen and oxygen atoms in total. The molecule has 1 aromatic rings. The van der Waals surface area contributed by atoms with Crippen molar-refractivity contribution in [3.05, 3.63) is 28.7 Å². The maximum absolute atomic E-state index is 11.4. The molecule has 6 heteroatoms. The molecule has 0 saturated heterocycles. The van der Waals surface area contributed by atoms with Gasteiger partial charge in [-0.3, -0.25) is 9.59 Å². The molecular formula is C13H17BrN2O3. The molecule has 0 bridgehead atoms. The van der Waals surface area contributed by atoms with Gasteiger partial charge in [0.15, 0.2) is 0 Å². The minimum Gasteiger partial charge on any atom is -0.493 e. The molecule has 0 spiro atoms. The summed E-state index contributed by atoms with van der Waals surface area (Å²) >= 11 is 3.33. The molecule has 3 N–H and O–H groups in total. The van der Waals surface area contributed by atoms with Gasteiger partial charge in [-0.2, -0.15) is 0 Å². The summed E-state index contributed by atoms with van der Waals surface area (Å²) in [4.78, 5) is 21.9. The van der Waals surface area contributed by atoms with Crippen molar-refractivity contribution < 1.29 is 14.3 Å². The number of nitrogens with two attached hydrogens (primary N) is 1. The van der Waals surface area contributed by atoms with Crippen LogP contribution in [0.25, 0.3) is 0 Å². The number of primary amides is 1. The Morgan fingerprint density at radius 2 is 1.89 bits per heavy atom. The van der Waals surface area contributed by atoms with Gasteiger partial charge < -0.3 is 15.8 Å². The number of halogens is 1. The summed E-state index contributed by atoms with van der Waals surface area (Å²) in [6.45, 7) is 0.781. The fraction of sp³-hybridized carbons (Fsp3) is 0.385. The van der Waals surface area contributed by atoms with Crippen molar-refractivity contribution in [3.8, 4) is 5.75 Å². The van der Waals surface area contributed by atoms with Crippen LogP contribution in [-0.2, 0) is 9.59 Å². The Morgan fingerprint density at radius 3 is 2.53 bits per heavy atom. The van der Waals surface area contributed by atoms with Gasteiger partial charge in [0.25, 0.3) is 0 Å². The van der Waals surface area contributed by atoms with Crippen molar-refractivity contribution in [2.75, 3.05) is 13.2 Å². The van der Waals surface area contributed by atoms with E-state index in [0.717, 1.165) is 10.2 Å². The van der Waals surface area contributed by atoms with Crippen LogP contribution in [0.4, 0.5) is 0 Å². The number of hydrogen-bond acceptors (Lipinski definition) is 3. The number of ether oxygens (including phenoxy) is 1. The van der Waals surface area contributed by atoms with Crippen LogP contribution in [0.3, 0.4) is 0 Å². The molecule has 0 aromatic heterocycles. The quantitative estimate of drug-likeness (QED) is 0.711. The molecule has 0 radical (unpaired) electrons. The lowest BCUT2D eigenvalue weighted by Crippen LogP contribution is -2.26. The zero-order valence-electron chi connectivity index (χ0n) is 10.5. The molecule has 2 amide bonds. The van der Waals surface area contributed by atoms with Crippen LogP contribution < -0.4 is 15.8 Å². The first kappa shape index (κ1) is 15.5. The van der Waals surface area contributed by atoms with Crippen LogP contribution in [0.1, 0.15) is 19.3 Å². The zero-order valence-corrected chi connectivity index (χ0v) is 12.1. The number of carbonyl (C=O) groups excluding carboxylic acids is 2. The molecule has 0 saturated carbocycles. The molecule has 0 unspecified atom stereocenters. The van der Waals surface area contributed by atoms with Crippen LogP contribution in [-0.4, -0.2) is 25.0 Å². The second-order valence-corrected chi connectivity index (χ2v) is 4.89. The van der Waals surface area contributed by atoms with Crippen molar-refractivity contribution in [1.82, 2.24) is 5.32 Å². The van der Waals surface area contributed by atoms with E-state index in [0.29, 0.717) is 19.6 Å². The van der Waals surface area contributed by atoms with Crippen LogP contribution >= 0.6 is 15.9 Å². The summed E-state index contributed by atoms with van der Waals surface area (Å²) in [6.07, 6.45) is 1.14. The number of nitrogens with one attached hydrogen (secondary N) is 1. The molecule has 19 heavy (non-hydrogen) atoms.